The molecule has 0 saturated heterocycles. The highest BCUT2D eigenvalue weighted by Crippen LogP contribution is 2.27. The minimum Gasteiger partial charge on any atom is -0.382 e. The van der Waals surface area contributed by atoms with Gasteiger partial charge >= 0.3 is 0 Å². The summed E-state index contributed by atoms with van der Waals surface area (Å²) >= 11 is 0. The first kappa shape index (κ1) is 20.7. The molecule has 0 aliphatic rings. The van der Waals surface area contributed by atoms with Crippen molar-refractivity contribution in [3.05, 3.63) is 90.8 Å². The SMILES string of the molecule is Nc1nc2ccccc2c2c1ncn2CCCCNC(=O)c1ccc(-c2ccccc2)cc1. The molecular weight excluding hydrogens is 410 g/mol. The third-order valence-electron chi connectivity index (χ3n) is 5.85. The first-order valence-corrected chi connectivity index (χ1v) is 11.1. The van der Waals surface area contributed by atoms with Crippen LogP contribution in [-0.4, -0.2) is 27.0 Å². The topological polar surface area (TPSA) is 85.8 Å². The van der Waals surface area contributed by atoms with Gasteiger partial charge in [0, 0.05) is 24.0 Å². The highest BCUT2D eigenvalue weighted by Gasteiger charge is 2.12. The van der Waals surface area contributed by atoms with Crippen molar-refractivity contribution >= 4 is 33.7 Å². The maximum atomic E-state index is 12.5. The molecule has 0 fully saturated rings. The number of nitrogens with zero attached hydrogens (tertiary/aromatic N) is 3. The fourth-order valence-electron chi connectivity index (χ4n) is 4.13. The molecule has 5 rings (SSSR count). The number of imidazole rings is 1. The average Bonchev–Trinajstić information content (AvgIpc) is 3.29. The van der Waals surface area contributed by atoms with Gasteiger partial charge in [0.2, 0.25) is 0 Å². The van der Waals surface area contributed by atoms with Crippen molar-refractivity contribution in [1.29, 1.82) is 0 Å². The fourth-order valence-corrected chi connectivity index (χ4v) is 4.13. The molecule has 33 heavy (non-hydrogen) atoms. The molecule has 0 saturated carbocycles. The summed E-state index contributed by atoms with van der Waals surface area (Å²) in [6.07, 6.45) is 3.60. The summed E-state index contributed by atoms with van der Waals surface area (Å²) in [5.41, 5.74) is 11.6. The van der Waals surface area contributed by atoms with Crippen molar-refractivity contribution in [2.75, 3.05) is 12.3 Å². The van der Waals surface area contributed by atoms with Crippen LogP contribution in [-0.2, 0) is 6.54 Å². The van der Waals surface area contributed by atoms with E-state index < -0.39 is 0 Å². The minimum atomic E-state index is -0.0486. The molecule has 0 bridgehead atoms. The largest absolute Gasteiger partial charge is 0.382 e. The number of para-hydroxylation sites is 1. The number of pyridine rings is 1. The molecule has 0 atom stereocenters. The molecule has 2 heterocycles. The molecule has 3 aromatic carbocycles. The monoisotopic (exact) mass is 435 g/mol. The molecule has 6 heteroatoms. The molecule has 0 spiro atoms. The molecule has 0 aliphatic carbocycles. The second-order valence-electron chi connectivity index (χ2n) is 8.06. The molecule has 1 amide bonds. The van der Waals surface area contributed by atoms with Crippen LogP contribution in [0, 0.1) is 0 Å². The lowest BCUT2D eigenvalue weighted by molar-refractivity contribution is 0.0953. The zero-order valence-electron chi connectivity index (χ0n) is 18.2. The van der Waals surface area contributed by atoms with E-state index in [1.807, 2.05) is 73.1 Å². The summed E-state index contributed by atoms with van der Waals surface area (Å²) in [5.74, 6) is 0.403. The molecule has 0 unspecified atom stereocenters. The third kappa shape index (κ3) is 4.28. The van der Waals surface area contributed by atoms with E-state index in [0.29, 0.717) is 17.9 Å². The molecule has 2 aromatic heterocycles. The molecule has 0 radical (unpaired) electrons. The Hall–Kier alpha value is -4.19. The summed E-state index contributed by atoms with van der Waals surface area (Å²) in [7, 11) is 0. The van der Waals surface area contributed by atoms with Crippen LogP contribution in [0.2, 0.25) is 0 Å². The number of nitrogens with two attached hydrogens (primary N) is 1. The van der Waals surface area contributed by atoms with Crippen LogP contribution in [0.15, 0.2) is 85.2 Å². The van der Waals surface area contributed by atoms with Gasteiger partial charge < -0.3 is 15.6 Å². The lowest BCUT2D eigenvalue weighted by Crippen LogP contribution is -2.24. The Bertz CT molecular complexity index is 1410. The van der Waals surface area contributed by atoms with Crippen LogP contribution in [0.1, 0.15) is 23.2 Å². The number of nitrogens with one attached hydrogen (secondary N) is 1. The molecule has 6 nitrogen and oxygen atoms in total. The number of anilines is 1. The number of hydrogen-bond donors (Lipinski definition) is 2. The lowest BCUT2D eigenvalue weighted by atomic mass is 10.0. The second kappa shape index (κ2) is 9.12. The number of aryl methyl sites for hydroxylation is 1. The predicted molar refractivity (Wildman–Crippen MR) is 133 cm³/mol. The number of carbonyl (C=O) groups excluding carboxylic acids is 1. The fraction of sp³-hybridized carbons (Fsp3) is 0.148. The average molecular weight is 436 g/mol. The maximum absolute atomic E-state index is 12.5. The number of amides is 1. The van der Waals surface area contributed by atoms with Crippen LogP contribution in [0.5, 0.6) is 0 Å². The number of benzene rings is 3. The van der Waals surface area contributed by atoms with Crippen molar-refractivity contribution in [2.45, 2.75) is 19.4 Å². The highest BCUT2D eigenvalue weighted by molar-refractivity contribution is 6.06. The minimum absolute atomic E-state index is 0.0486. The van der Waals surface area contributed by atoms with Crippen molar-refractivity contribution in [1.82, 2.24) is 19.9 Å². The van der Waals surface area contributed by atoms with Crippen LogP contribution in [0.25, 0.3) is 33.1 Å². The zero-order chi connectivity index (χ0) is 22.6. The number of rotatable bonds is 7. The van der Waals surface area contributed by atoms with Gasteiger partial charge in [-0.25, -0.2) is 9.97 Å². The zero-order valence-corrected chi connectivity index (χ0v) is 18.2. The molecule has 5 aromatic rings. The summed E-state index contributed by atoms with van der Waals surface area (Å²) in [6.45, 7) is 1.42. The number of carbonyl (C=O) groups is 1. The van der Waals surface area contributed by atoms with Gasteiger partial charge in [-0.2, -0.15) is 0 Å². The van der Waals surface area contributed by atoms with E-state index in [1.165, 1.54) is 0 Å². The van der Waals surface area contributed by atoms with Gasteiger partial charge in [-0.05, 0) is 42.2 Å². The Balaban J connectivity index is 1.17. The van der Waals surface area contributed by atoms with Gasteiger partial charge in [-0.1, -0.05) is 60.7 Å². The summed E-state index contributed by atoms with van der Waals surface area (Å²) in [4.78, 5) is 21.4. The van der Waals surface area contributed by atoms with E-state index in [-0.39, 0.29) is 5.91 Å². The number of nitrogen functional groups attached to an aromatic ring is 1. The van der Waals surface area contributed by atoms with Crippen LogP contribution < -0.4 is 11.1 Å². The van der Waals surface area contributed by atoms with Gasteiger partial charge in [0.05, 0.1) is 17.4 Å². The van der Waals surface area contributed by atoms with Gasteiger partial charge in [-0.15, -0.1) is 0 Å². The third-order valence-corrected chi connectivity index (χ3v) is 5.85. The van der Waals surface area contributed by atoms with Crippen molar-refractivity contribution in [3.8, 4) is 11.1 Å². The number of hydrogen-bond acceptors (Lipinski definition) is 4. The molecule has 164 valence electrons. The standard InChI is InChI=1S/C27H25N5O/c28-26-24-25(22-10-4-5-11-23(22)31-26)32(18-30-24)17-7-6-16-29-27(33)21-14-12-20(13-15-21)19-8-2-1-3-9-19/h1-5,8-15,18H,6-7,16-17H2,(H2,28,31)(H,29,33). The molecular formula is C27H25N5O. The Labute approximate surface area is 192 Å². The quantitative estimate of drug-likeness (QED) is 0.351. The van der Waals surface area contributed by atoms with Gasteiger partial charge in [-0.3, -0.25) is 4.79 Å². The van der Waals surface area contributed by atoms with E-state index in [2.05, 4.69) is 32.0 Å². The normalized spacial score (nSPS) is 11.2. The second-order valence-corrected chi connectivity index (χ2v) is 8.06. The van der Waals surface area contributed by atoms with E-state index >= 15 is 0 Å². The van der Waals surface area contributed by atoms with Crippen molar-refractivity contribution in [3.63, 3.8) is 0 Å². The summed E-state index contributed by atoms with van der Waals surface area (Å²) in [6, 6.07) is 25.8. The predicted octanol–water partition coefficient (Wildman–Crippen LogP) is 5.04. The number of fused-ring (bicyclic) bond motifs is 3. The smallest absolute Gasteiger partial charge is 0.251 e. The molecule has 0 aliphatic heterocycles. The lowest BCUT2D eigenvalue weighted by Gasteiger charge is -2.09. The van der Waals surface area contributed by atoms with E-state index in [1.54, 1.807) is 0 Å². The van der Waals surface area contributed by atoms with E-state index in [4.69, 9.17) is 5.73 Å². The first-order valence-electron chi connectivity index (χ1n) is 11.1. The Morgan fingerprint density at radius 3 is 2.42 bits per heavy atom. The Morgan fingerprint density at radius 1 is 0.879 bits per heavy atom. The Kier molecular flexibility index (Phi) is 5.72. The highest BCUT2D eigenvalue weighted by atomic mass is 16.1. The number of aromatic nitrogens is 3. The Morgan fingerprint density at radius 2 is 1.61 bits per heavy atom. The van der Waals surface area contributed by atoms with Crippen LogP contribution in [0.3, 0.4) is 0 Å². The van der Waals surface area contributed by atoms with Crippen LogP contribution >= 0.6 is 0 Å². The maximum Gasteiger partial charge on any atom is 0.251 e. The molecule has 3 N–H and O–H groups in total. The first-order chi connectivity index (χ1) is 16.2. The van der Waals surface area contributed by atoms with Crippen LogP contribution in [0.4, 0.5) is 5.82 Å². The van der Waals surface area contributed by atoms with Gasteiger partial charge in [0.25, 0.3) is 5.91 Å². The van der Waals surface area contributed by atoms with Gasteiger partial charge in [0.1, 0.15) is 5.52 Å². The summed E-state index contributed by atoms with van der Waals surface area (Å²) < 4.78 is 2.12. The van der Waals surface area contributed by atoms with Crippen molar-refractivity contribution in [2.24, 2.45) is 0 Å². The van der Waals surface area contributed by atoms with Crippen molar-refractivity contribution < 1.29 is 4.79 Å². The summed E-state index contributed by atoms with van der Waals surface area (Å²) in [5, 5.41) is 4.07. The number of unbranched alkanes of at least 4 members (excludes halogenated alkanes) is 1. The van der Waals surface area contributed by atoms with Gasteiger partial charge in [0.15, 0.2) is 5.82 Å². The van der Waals surface area contributed by atoms with E-state index in [9.17, 15) is 4.79 Å². The van der Waals surface area contributed by atoms with E-state index in [0.717, 1.165) is 52.4 Å².